The summed E-state index contributed by atoms with van der Waals surface area (Å²) in [6, 6.07) is 6.79. The first kappa shape index (κ1) is 17.2. The minimum atomic E-state index is -0.346. The monoisotopic (exact) mass is 355 g/mol. The van der Waals surface area contributed by atoms with Gasteiger partial charge in [-0.15, -0.1) is 0 Å². The van der Waals surface area contributed by atoms with Crippen LogP contribution >= 0.6 is 0 Å². The zero-order valence-corrected chi connectivity index (χ0v) is 14.4. The molecule has 0 bridgehead atoms. The normalized spacial score (nSPS) is 10.3. The third kappa shape index (κ3) is 3.89. The van der Waals surface area contributed by atoms with Gasteiger partial charge in [0.25, 0.3) is 5.91 Å². The Morgan fingerprint density at radius 3 is 2.42 bits per heavy atom. The van der Waals surface area contributed by atoms with Crippen LogP contribution in [-0.2, 0) is 0 Å². The van der Waals surface area contributed by atoms with Crippen molar-refractivity contribution >= 4 is 23.4 Å². The Bertz CT molecular complexity index is 908. The van der Waals surface area contributed by atoms with Crippen LogP contribution in [0.1, 0.15) is 16.1 Å². The Morgan fingerprint density at radius 2 is 1.81 bits per heavy atom. The highest BCUT2D eigenvalue weighted by Gasteiger charge is 2.11. The molecule has 0 spiro atoms. The molecule has 2 heterocycles. The Morgan fingerprint density at radius 1 is 1.08 bits per heavy atom. The Hall–Kier alpha value is -3.62. The van der Waals surface area contributed by atoms with Gasteiger partial charge < -0.3 is 24.6 Å². The van der Waals surface area contributed by atoms with Crippen LogP contribution in [0, 0.1) is 6.92 Å². The highest BCUT2D eigenvalue weighted by atomic mass is 16.5. The van der Waals surface area contributed by atoms with Crippen LogP contribution in [-0.4, -0.2) is 35.3 Å². The molecule has 0 atom stereocenters. The first-order chi connectivity index (χ1) is 12.6. The second-order valence-electron chi connectivity index (χ2n) is 5.27. The highest BCUT2D eigenvalue weighted by molar-refractivity contribution is 6.04. The topological polar surface area (TPSA) is 111 Å². The number of methoxy groups -OCH3 is 2. The van der Waals surface area contributed by atoms with Crippen molar-refractivity contribution in [1.82, 2.24) is 15.1 Å². The molecule has 0 unspecified atom stereocenters. The number of nitrogens with one attached hydrogen (secondary N) is 2. The number of nitrogens with zero attached hydrogens (tertiary/aromatic N) is 3. The lowest BCUT2D eigenvalue weighted by Gasteiger charge is -2.10. The van der Waals surface area contributed by atoms with E-state index >= 15 is 0 Å². The number of anilines is 3. The number of rotatable bonds is 6. The molecule has 134 valence electrons. The number of benzene rings is 1. The second kappa shape index (κ2) is 7.51. The van der Waals surface area contributed by atoms with Crippen molar-refractivity contribution in [3.63, 3.8) is 0 Å². The molecule has 0 fully saturated rings. The Labute approximate surface area is 149 Å². The number of carbonyl (C=O) groups excluding carboxylic acids is 1. The molecule has 26 heavy (non-hydrogen) atoms. The van der Waals surface area contributed by atoms with Crippen molar-refractivity contribution in [3.05, 3.63) is 48.0 Å². The lowest BCUT2D eigenvalue weighted by atomic mass is 10.2. The van der Waals surface area contributed by atoms with Crippen LogP contribution in [0.2, 0.25) is 0 Å². The van der Waals surface area contributed by atoms with E-state index in [9.17, 15) is 4.79 Å². The minimum Gasteiger partial charge on any atom is -0.493 e. The average Bonchev–Trinajstić information content (AvgIpc) is 3.06. The smallest absolute Gasteiger partial charge is 0.258 e. The fourth-order valence-corrected chi connectivity index (χ4v) is 2.17. The summed E-state index contributed by atoms with van der Waals surface area (Å²) in [4.78, 5) is 20.5. The highest BCUT2D eigenvalue weighted by Crippen LogP contribution is 2.29. The van der Waals surface area contributed by atoms with Gasteiger partial charge in [-0.1, -0.05) is 5.16 Å². The maximum Gasteiger partial charge on any atom is 0.258 e. The maximum atomic E-state index is 12.3. The lowest BCUT2D eigenvalue weighted by Crippen LogP contribution is -2.13. The van der Waals surface area contributed by atoms with E-state index in [4.69, 9.17) is 14.0 Å². The number of hydrogen-bond acceptors (Lipinski definition) is 8. The molecular formula is C17H17N5O4. The number of amides is 1. The van der Waals surface area contributed by atoms with E-state index in [1.54, 1.807) is 38.3 Å². The molecule has 9 heteroatoms. The number of hydrogen-bond donors (Lipinski definition) is 2. The van der Waals surface area contributed by atoms with Crippen molar-refractivity contribution < 1.29 is 18.8 Å². The van der Waals surface area contributed by atoms with Gasteiger partial charge in [0.05, 0.1) is 19.8 Å². The van der Waals surface area contributed by atoms with Crippen molar-refractivity contribution in [2.24, 2.45) is 0 Å². The summed E-state index contributed by atoms with van der Waals surface area (Å²) < 4.78 is 15.3. The van der Waals surface area contributed by atoms with Gasteiger partial charge in [0.2, 0.25) is 5.95 Å². The molecule has 0 saturated carbocycles. The van der Waals surface area contributed by atoms with Crippen molar-refractivity contribution in [2.45, 2.75) is 6.92 Å². The van der Waals surface area contributed by atoms with E-state index in [0.29, 0.717) is 40.3 Å². The van der Waals surface area contributed by atoms with E-state index in [0.717, 1.165) is 0 Å². The summed E-state index contributed by atoms with van der Waals surface area (Å²) in [7, 11) is 3.07. The second-order valence-corrected chi connectivity index (χ2v) is 5.27. The van der Waals surface area contributed by atoms with Gasteiger partial charge in [-0.3, -0.25) is 4.79 Å². The van der Waals surface area contributed by atoms with E-state index in [-0.39, 0.29) is 5.91 Å². The number of ether oxygens (including phenoxy) is 2. The number of aryl methyl sites for hydroxylation is 1. The van der Waals surface area contributed by atoms with E-state index < -0.39 is 0 Å². The summed E-state index contributed by atoms with van der Waals surface area (Å²) in [5.74, 6) is 2.21. The predicted octanol–water partition coefficient (Wildman–Crippen LogP) is 2.79. The third-order valence-corrected chi connectivity index (χ3v) is 3.42. The first-order valence-corrected chi connectivity index (χ1v) is 7.65. The third-order valence-electron chi connectivity index (χ3n) is 3.42. The van der Waals surface area contributed by atoms with Crippen LogP contribution in [0.3, 0.4) is 0 Å². The summed E-state index contributed by atoms with van der Waals surface area (Å²) >= 11 is 0. The fraction of sp³-hybridized carbons (Fsp3) is 0.176. The van der Waals surface area contributed by atoms with Gasteiger partial charge in [-0.2, -0.15) is 0 Å². The molecule has 1 aromatic carbocycles. The predicted molar refractivity (Wildman–Crippen MR) is 94.1 cm³/mol. The van der Waals surface area contributed by atoms with Gasteiger partial charge in [0.15, 0.2) is 17.3 Å². The molecule has 3 aromatic rings. The molecular weight excluding hydrogens is 338 g/mol. The summed E-state index contributed by atoms with van der Waals surface area (Å²) in [5.41, 5.74) is 0.870. The maximum absolute atomic E-state index is 12.3. The molecule has 2 aromatic heterocycles. The molecule has 9 nitrogen and oxygen atoms in total. The lowest BCUT2D eigenvalue weighted by molar-refractivity contribution is 0.102. The van der Waals surface area contributed by atoms with Crippen LogP contribution < -0.4 is 20.1 Å². The molecule has 3 rings (SSSR count). The van der Waals surface area contributed by atoms with Gasteiger partial charge in [0, 0.05) is 30.2 Å². The minimum absolute atomic E-state index is 0.306. The molecule has 1 amide bonds. The van der Waals surface area contributed by atoms with Crippen LogP contribution in [0.5, 0.6) is 11.5 Å². The zero-order valence-electron chi connectivity index (χ0n) is 14.4. The standard InChI is InChI=1S/C17H17N5O4/c1-10-6-15(22-26-10)21-17-18-8-11(9-19-17)16(23)20-12-4-5-13(24-2)14(7-12)25-3/h4-9H,1-3H3,(H,20,23)(H,18,19,21,22). The van der Waals surface area contributed by atoms with Crippen LogP contribution in [0.4, 0.5) is 17.5 Å². The number of carbonyl (C=O) groups is 1. The molecule has 0 radical (unpaired) electrons. The van der Waals surface area contributed by atoms with E-state index in [1.165, 1.54) is 19.5 Å². The van der Waals surface area contributed by atoms with Crippen molar-refractivity contribution in [1.29, 1.82) is 0 Å². The van der Waals surface area contributed by atoms with Crippen molar-refractivity contribution in [2.75, 3.05) is 24.9 Å². The number of aromatic nitrogens is 3. The van der Waals surface area contributed by atoms with Crippen molar-refractivity contribution in [3.8, 4) is 11.5 Å². The molecule has 0 aliphatic rings. The first-order valence-electron chi connectivity index (χ1n) is 7.65. The molecule has 0 saturated heterocycles. The Kier molecular flexibility index (Phi) is 4.97. The SMILES string of the molecule is COc1ccc(NC(=O)c2cnc(Nc3cc(C)on3)nc2)cc1OC. The van der Waals surface area contributed by atoms with Gasteiger partial charge in [-0.05, 0) is 19.1 Å². The largest absolute Gasteiger partial charge is 0.493 e. The van der Waals surface area contributed by atoms with Gasteiger partial charge >= 0.3 is 0 Å². The summed E-state index contributed by atoms with van der Waals surface area (Å²) in [6.45, 7) is 1.78. The molecule has 2 N–H and O–H groups in total. The zero-order chi connectivity index (χ0) is 18.5. The van der Waals surface area contributed by atoms with E-state index in [1.807, 2.05) is 0 Å². The van der Waals surface area contributed by atoms with Crippen LogP contribution in [0.25, 0.3) is 0 Å². The van der Waals surface area contributed by atoms with Gasteiger partial charge in [-0.25, -0.2) is 9.97 Å². The molecule has 0 aliphatic carbocycles. The Balaban J connectivity index is 1.68. The van der Waals surface area contributed by atoms with Crippen LogP contribution in [0.15, 0.2) is 41.2 Å². The quantitative estimate of drug-likeness (QED) is 0.694. The van der Waals surface area contributed by atoms with E-state index in [2.05, 4.69) is 25.8 Å². The summed E-state index contributed by atoms with van der Waals surface area (Å²) in [6.07, 6.45) is 2.83. The summed E-state index contributed by atoms with van der Waals surface area (Å²) in [5, 5.41) is 9.42. The molecule has 0 aliphatic heterocycles. The van der Waals surface area contributed by atoms with Gasteiger partial charge in [0.1, 0.15) is 5.76 Å². The average molecular weight is 355 g/mol. The fourth-order valence-electron chi connectivity index (χ4n) is 2.17.